The minimum absolute atomic E-state index is 0.182. The Balaban J connectivity index is 1.67. The van der Waals surface area contributed by atoms with Crippen molar-refractivity contribution in [3.8, 4) is 11.5 Å². The number of fused-ring (bicyclic) bond motifs is 3. The minimum Gasteiger partial charge on any atom is -0.493 e. The van der Waals surface area contributed by atoms with Crippen molar-refractivity contribution in [1.29, 1.82) is 0 Å². The van der Waals surface area contributed by atoms with E-state index in [1.54, 1.807) is 27.0 Å². The number of ketones is 1. The first-order chi connectivity index (χ1) is 16.0. The Morgan fingerprint density at radius 3 is 2.64 bits per heavy atom. The van der Waals surface area contributed by atoms with Crippen LogP contribution in [0, 0.1) is 5.92 Å². The second-order valence-corrected chi connectivity index (χ2v) is 8.96. The van der Waals surface area contributed by atoms with Gasteiger partial charge < -0.3 is 14.8 Å². The summed E-state index contributed by atoms with van der Waals surface area (Å²) in [6, 6.07) is 18.1. The van der Waals surface area contributed by atoms with Gasteiger partial charge in [-0.25, -0.2) is 0 Å². The molecule has 3 aromatic carbocycles. The molecule has 1 atom stereocenters. The number of carbonyl (C=O) groups excluding carboxylic acids is 2. The lowest BCUT2D eigenvalue weighted by Gasteiger charge is -2.35. The summed E-state index contributed by atoms with van der Waals surface area (Å²) < 4.78 is 11.1. The highest BCUT2D eigenvalue weighted by atomic mass is 16.6. The van der Waals surface area contributed by atoms with Crippen LogP contribution in [0.15, 0.2) is 65.9 Å². The topological polar surface area (TPSA) is 64.6 Å². The van der Waals surface area contributed by atoms with Gasteiger partial charge >= 0.3 is 5.97 Å². The largest absolute Gasteiger partial charge is 0.493 e. The lowest BCUT2D eigenvalue weighted by molar-refractivity contribution is -0.137. The number of methoxy groups -OCH3 is 1. The van der Waals surface area contributed by atoms with Crippen molar-refractivity contribution in [3.05, 3.63) is 77.0 Å². The third kappa shape index (κ3) is 3.67. The van der Waals surface area contributed by atoms with Crippen LogP contribution in [0.3, 0.4) is 0 Å². The Labute approximate surface area is 193 Å². The first-order valence-corrected chi connectivity index (χ1v) is 11.4. The number of hydrogen-bond acceptors (Lipinski definition) is 5. The number of allylic oxidation sites excluding steroid dienone is 2. The zero-order valence-electron chi connectivity index (χ0n) is 19.1. The summed E-state index contributed by atoms with van der Waals surface area (Å²) in [4.78, 5) is 25.3. The van der Waals surface area contributed by atoms with Gasteiger partial charge in [-0.3, -0.25) is 9.59 Å². The van der Waals surface area contributed by atoms with Crippen LogP contribution in [0.25, 0.3) is 10.8 Å². The maximum Gasteiger partial charge on any atom is 0.313 e. The standard InChI is InChI=1S/C28H27NO4/c1-16(2)28(31)33-23-14-12-18(15-24(23)32-3)25-20-13-11-17-7-4-5-8-19(17)27(20)29-21-9-6-10-22(30)26(21)25/h4-5,7-8,11-16,25,29H,6,9-10H2,1-3H3/t25-/m0/s1. The summed E-state index contributed by atoms with van der Waals surface area (Å²) in [6.45, 7) is 3.59. The number of rotatable bonds is 4. The number of hydrogen-bond donors (Lipinski definition) is 1. The predicted molar refractivity (Wildman–Crippen MR) is 129 cm³/mol. The van der Waals surface area contributed by atoms with Gasteiger partial charge in [-0.1, -0.05) is 56.3 Å². The van der Waals surface area contributed by atoms with E-state index in [4.69, 9.17) is 9.47 Å². The fourth-order valence-electron chi connectivity index (χ4n) is 4.82. The van der Waals surface area contributed by atoms with Crippen LogP contribution in [0.5, 0.6) is 11.5 Å². The molecule has 1 aliphatic heterocycles. The molecule has 5 heteroatoms. The highest BCUT2D eigenvalue weighted by molar-refractivity contribution is 6.04. The number of anilines is 1. The average molecular weight is 442 g/mol. The van der Waals surface area contributed by atoms with E-state index in [1.807, 2.05) is 24.3 Å². The molecule has 168 valence electrons. The Hall–Kier alpha value is -3.60. The van der Waals surface area contributed by atoms with Crippen molar-refractivity contribution in [2.75, 3.05) is 12.4 Å². The van der Waals surface area contributed by atoms with E-state index in [0.29, 0.717) is 17.9 Å². The Kier molecular flexibility index (Phi) is 5.41. The van der Waals surface area contributed by atoms with E-state index in [-0.39, 0.29) is 23.6 Å². The lowest BCUT2D eigenvalue weighted by atomic mass is 9.75. The molecule has 1 aliphatic carbocycles. The summed E-state index contributed by atoms with van der Waals surface area (Å²) >= 11 is 0. The van der Waals surface area contributed by atoms with Gasteiger partial charge in [-0.2, -0.15) is 0 Å². The van der Waals surface area contributed by atoms with E-state index in [2.05, 4.69) is 29.6 Å². The summed E-state index contributed by atoms with van der Waals surface area (Å²) in [6.07, 6.45) is 2.26. The maximum atomic E-state index is 13.1. The van der Waals surface area contributed by atoms with Crippen LogP contribution < -0.4 is 14.8 Å². The smallest absolute Gasteiger partial charge is 0.313 e. The van der Waals surface area contributed by atoms with Crippen molar-refractivity contribution in [2.45, 2.75) is 39.0 Å². The Morgan fingerprint density at radius 2 is 1.85 bits per heavy atom. The summed E-state index contributed by atoms with van der Waals surface area (Å²) in [5.74, 6) is 0.280. The van der Waals surface area contributed by atoms with Crippen LogP contribution in [0.2, 0.25) is 0 Å². The molecule has 5 rings (SSSR count). The second kappa shape index (κ2) is 8.39. The molecule has 0 saturated carbocycles. The van der Waals surface area contributed by atoms with E-state index in [0.717, 1.165) is 51.7 Å². The molecule has 1 N–H and O–H groups in total. The molecule has 2 aliphatic rings. The molecular weight excluding hydrogens is 414 g/mol. The molecule has 0 aromatic heterocycles. The SMILES string of the molecule is COc1cc([C@@H]2C3=C(CCCC3=O)Nc3c2ccc2ccccc32)ccc1OC(=O)C(C)C. The normalized spacial score (nSPS) is 17.5. The van der Waals surface area contributed by atoms with Gasteiger partial charge in [0, 0.05) is 29.0 Å². The first-order valence-electron chi connectivity index (χ1n) is 11.4. The maximum absolute atomic E-state index is 13.1. The zero-order chi connectivity index (χ0) is 23.1. The molecule has 0 unspecified atom stereocenters. The summed E-state index contributed by atoms with van der Waals surface area (Å²) in [7, 11) is 1.56. The molecule has 0 radical (unpaired) electrons. The third-order valence-corrected chi connectivity index (χ3v) is 6.50. The molecular formula is C28H27NO4. The van der Waals surface area contributed by atoms with Gasteiger partial charge in [0.25, 0.3) is 0 Å². The molecule has 5 nitrogen and oxygen atoms in total. The number of Topliss-reactive ketones (excluding diaryl/α,β-unsaturated/α-hetero) is 1. The van der Waals surface area contributed by atoms with Crippen molar-refractivity contribution in [2.24, 2.45) is 5.92 Å². The fraction of sp³-hybridized carbons (Fsp3) is 0.286. The van der Waals surface area contributed by atoms with Gasteiger partial charge in [-0.15, -0.1) is 0 Å². The number of nitrogens with one attached hydrogen (secondary N) is 1. The monoisotopic (exact) mass is 441 g/mol. The van der Waals surface area contributed by atoms with Gasteiger partial charge in [-0.05, 0) is 41.5 Å². The van der Waals surface area contributed by atoms with Crippen LogP contribution in [0.1, 0.15) is 50.2 Å². The Morgan fingerprint density at radius 1 is 1.03 bits per heavy atom. The predicted octanol–water partition coefficient (Wildman–Crippen LogP) is 5.97. The number of benzene rings is 3. The van der Waals surface area contributed by atoms with Crippen molar-refractivity contribution < 1.29 is 19.1 Å². The average Bonchev–Trinajstić information content (AvgIpc) is 2.83. The third-order valence-electron chi connectivity index (χ3n) is 6.50. The Bertz CT molecular complexity index is 1300. The summed E-state index contributed by atoms with van der Waals surface area (Å²) in [5, 5.41) is 5.90. The molecule has 0 fully saturated rings. The van der Waals surface area contributed by atoms with Crippen LogP contribution in [-0.4, -0.2) is 18.9 Å². The second-order valence-electron chi connectivity index (χ2n) is 8.96. The lowest BCUT2D eigenvalue weighted by Crippen LogP contribution is -2.27. The quantitative estimate of drug-likeness (QED) is 0.399. The van der Waals surface area contributed by atoms with Crippen molar-refractivity contribution in [3.63, 3.8) is 0 Å². The van der Waals surface area contributed by atoms with Crippen LogP contribution in [0.4, 0.5) is 5.69 Å². The molecule has 0 saturated heterocycles. The van der Waals surface area contributed by atoms with Gasteiger partial charge in [0.2, 0.25) is 0 Å². The molecule has 0 amide bonds. The van der Waals surface area contributed by atoms with Gasteiger partial charge in [0.05, 0.1) is 18.7 Å². The number of ether oxygens (including phenoxy) is 2. The van der Waals surface area contributed by atoms with Gasteiger partial charge in [0.1, 0.15) is 0 Å². The van der Waals surface area contributed by atoms with E-state index in [9.17, 15) is 9.59 Å². The van der Waals surface area contributed by atoms with Crippen molar-refractivity contribution in [1.82, 2.24) is 0 Å². The van der Waals surface area contributed by atoms with Crippen LogP contribution >= 0.6 is 0 Å². The van der Waals surface area contributed by atoms with Crippen LogP contribution in [-0.2, 0) is 9.59 Å². The number of esters is 1. The first kappa shape index (κ1) is 21.3. The van der Waals surface area contributed by atoms with E-state index >= 15 is 0 Å². The highest BCUT2D eigenvalue weighted by Gasteiger charge is 2.36. The van der Waals surface area contributed by atoms with Crippen molar-refractivity contribution >= 4 is 28.2 Å². The van der Waals surface area contributed by atoms with Gasteiger partial charge in [0.15, 0.2) is 17.3 Å². The molecule has 0 bridgehead atoms. The summed E-state index contributed by atoms with van der Waals surface area (Å²) in [5.41, 5.74) is 4.90. The zero-order valence-corrected chi connectivity index (χ0v) is 19.1. The number of carbonyl (C=O) groups is 2. The highest BCUT2D eigenvalue weighted by Crippen LogP contribution is 2.48. The molecule has 3 aromatic rings. The molecule has 1 heterocycles. The molecule has 33 heavy (non-hydrogen) atoms. The fourth-order valence-corrected chi connectivity index (χ4v) is 4.82. The van der Waals surface area contributed by atoms with E-state index < -0.39 is 0 Å². The molecule has 0 spiro atoms. The van der Waals surface area contributed by atoms with E-state index in [1.165, 1.54) is 0 Å². The minimum atomic E-state index is -0.313.